The molecule has 0 spiro atoms. The molecule has 1 aliphatic carbocycles. The predicted molar refractivity (Wildman–Crippen MR) is 99.3 cm³/mol. The number of aromatic nitrogens is 2. The molecule has 136 valence electrons. The van der Waals surface area contributed by atoms with Gasteiger partial charge in [0.2, 0.25) is 0 Å². The molecular weight excluding hydrogens is 314 g/mol. The maximum atomic E-state index is 13.0. The van der Waals surface area contributed by atoms with Crippen molar-refractivity contribution < 1.29 is 9.53 Å². The van der Waals surface area contributed by atoms with Gasteiger partial charge in [-0.1, -0.05) is 39.0 Å². The third-order valence-electron chi connectivity index (χ3n) is 4.98. The van der Waals surface area contributed by atoms with Gasteiger partial charge in [-0.2, -0.15) is 0 Å². The Labute approximate surface area is 149 Å². The van der Waals surface area contributed by atoms with Gasteiger partial charge < -0.3 is 10.1 Å². The summed E-state index contributed by atoms with van der Waals surface area (Å²) in [5, 5.41) is 3.27. The molecule has 0 radical (unpaired) electrons. The van der Waals surface area contributed by atoms with Gasteiger partial charge in [0.05, 0.1) is 12.3 Å². The molecule has 1 aliphatic rings. The molecule has 0 bridgehead atoms. The summed E-state index contributed by atoms with van der Waals surface area (Å²) < 4.78 is 7.55. The maximum Gasteiger partial charge on any atom is 0.270 e. The second-order valence-corrected chi connectivity index (χ2v) is 6.78. The number of hydrogen-bond donors (Lipinski definition) is 1. The smallest absolute Gasteiger partial charge is 0.270 e. The zero-order chi connectivity index (χ0) is 17.6. The molecule has 5 heteroatoms. The third-order valence-corrected chi connectivity index (χ3v) is 4.98. The number of pyridine rings is 1. The fourth-order valence-electron chi connectivity index (χ4n) is 3.70. The lowest BCUT2D eigenvalue weighted by Gasteiger charge is -2.21. The highest BCUT2D eigenvalue weighted by Gasteiger charge is 2.22. The highest BCUT2D eigenvalue weighted by atomic mass is 16.5. The Morgan fingerprint density at radius 3 is 2.64 bits per heavy atom. The van der Waals surface area contributed by atoms with Crippen LogP contribution in [0, 0.1) is 0 Å². The van der Waals surface area contributed by atoms with E-state index < -0.39 is 0 Å². The number of aryl methyl sites for hydroxylation is 1. The van der Waals surface area contributed by atoms with Crippen molar-refractivity contribution in [2.75, 3.05) is 6.61 Å². The van der Waals surface area contributed by atoms with E-state index >= 15 is 0 Å². The number of amides is 1. The van der Waals surface area contributed by atoms with E-state index in [1.165, 1.54) is 32.1 Å². The number of ether oxygens (including phenoxy) is 1. The van der Waals surface area contributed by atoms with Crippen molar-refractivity contribution in [1.82, 2.24) is 14.7 Å². The molecule has 0 aromatic carbocycles. The lowest BCUT2D eigenvalue weighted by Crippen LogP contribution is -2.36. The monoisotopic (exact) mass is 343 g/mol. The number of rotatable bonds is 5. The van der Waals surface area contributed by atoms with Crippen LogP contribution >= 0.6 is 0 Å². The van der Waals surface area contributed by atoms with Crippen molar-refractivity contribution >= 4 is 11.6 Å². The number of hydrogen-bond acceptors (Lipinski definition) is 3. The van der Waals surface area contributed by atoms with Gasteiger partial charge in [0, 0.05) is 12.2 Å². The largest absolute Gasteiger partial charge is 0.490 e. The fourth-order valence-corrected chi connectivity index (χ4v) is 3.70. The Hall–Kier alpha value is -2.04. The summed E-state index contributed by atoms with van der Waals surface area (Å²) in [5.74, 6) is 0.716. The molecule has 2 aromatic heterocycles. The Balaban J connectivity index is 1.88. The number of imidazole rings is 1. The standard InChI is InChI=1S/C20H29N3O2/c1-3-16-18(20(24)21-15-11-8-6-5-7-9-12-15)23-14-10-13-17(25-4-2)19(23)22-16/h10,13-15H,3-9,11-12H2,1-2H3,(H,21,24). The molecule has 5 nitrogen and oxygen atoms in total. The number of carbonyl (C=O) groups excluding carboxylic acids is 1. The van der Waals surface area contributed by atoms with Gasteiger partial charge in [-0.15, -0.1) is 0 Å². The molecule has 1 amide bonds. The van der Waals surface area contributed by atoms with Crippen LogP contribution < -0.4 is 10.1 Å². The first-order chi connectivity index (χ1) is 12.2. The summed E-state index contributed by atoms with van der Waals surface area (Å²) in [6.45, 7) is 4.57. The summed E-state index contributed by atoms with van der Waals surface area (Å²) in [7, 11) is 0. The molecule has 1 saturated carbocycles. The Kier molecular flexibility index (Phi) is 5.95. The first-order valence-corrected chi connectivity index (χ1v) is 9.68. The fraction of sp³-hybridized carbons (Fsp3) is 0.600. The van der Waals surface area contributed by atoms with Crippen LogP contribution in [0.5, 0.6) is 5.75 Å². The minimum absolute atomic E-state index is 0.0106. The number of nitrogens with zero attached hydrogens (tertiary/aromatic N) is 2. The molecule has 2 heterocycles. The van der Waals surface area contributed by atoms with Crippen molar-refractivity contribution in [3.8, 4) is 5.75 Å². The van der Waals surface area contributed by atoms with Gasteiger partial charge in [0.15, 0.2) is 11.4 Å². The van der Waals surface area contributed by atoms with Crippen molar-refractivity contribution in [2.24, 2.45) is 0 Å². The van der Waals surface area contributed by atoms with Crippen LogP contribution in [0.25, 0.3) is 5.65 Å². The number of nitrogens with one attached hydrogen (secondary N) is 1. The molecule has 0 unspecified atom stereocenters. The van der Waals surface area contributed by atoms with Crippen molar-refractivity contribution in [3.63, 3.8) is 0 Å². The van der Waals surface area contributed by atoms with Crippen LogP contribution in [0.15, 0.2) is 18.3 Å². The van der Waals surface area contributed by atoms with Crippen LogP contribution in [-0.2, 0) is 6.42 Å². The molecule has 3 rings (SSSR count). The van der Waals surface area contributed by atoms with E-state index in [2.05, 4.69) is 10.3 Å². The Bertz CT molecular complexity index is 715. The Morgan fingerprint density at radius 1 is 1.24 bits per heavy atom. The molecule has 25 heavy (non-hydrogen) atoms. The molecule has 1 fully saturated rings. The van der Waals surface area contributed by atoms with Crippen LogP contribution in [0.3, 0.4) is 0 Å². The van der Waals surface area contributed by atoms with E-state index in [1.807, 2.05) is 36.6 Å². The minimum Gasteiger partial charge on any atom is -0.490 e. The summed E-state index contributed by atoms with van der Waals surface area (Å²) in [5.41, 5.74) is 2.21. The zero-order valence-corrected chi connectivity index (χ0v) is 15.4. The van der Waals surface area contributed by atoms with Gasteiger partial charge in [0.1, 0.15) is 5.69 Å². The predicted octanol–water partition coefficient (Wildman–Crippen LogP) is 4.14. The van der Waals surface area contributed by atoms with E-state index in [0.717, 1.165) is 36.4 Å². The lowest BCUT2D eigenvalue weighted by molar-refractivity contribution is 0.0923. The lowest BCUT2D eigenvalue weighted by atomic mass is 9.96. The average molecular weight is 343 g/mol. The quantitative estimate of drug-likeness (QED) is 0.888. The Morgan fingerprint density at radius 2 is 1.96 bits per heavy atom. The first-order valence-electron chi connectivity index (χ1n) is 9.68. The summed E-state index contributed by atoms with van der Waals surface area (Å²) >= 11 is 0. The van der Waals surface area contributed by atoms with Crippen LogP contribution in [0.1, 0.15) is 75.0 Å². The van der Waals surface area contributed by atoms with Crippen molar-refractivity contribution in [3.05, 3.63) is 29.7 Å². The van der Waals surface area contributed by atoms with Gasteiger partial charge in [-0.05, 0) is 38.3 Å². The molecule has 0 atom stereocenters. The van der Waals surface area contributed by atoms with Crippen molar-refractivity contribution in [2.45, 2.75) is 71.3 Å². The third kappa shape index (κ3) is 3.97. The van der Waals surface area contributed by atoms with E-state index in [9.17, 15) is 4.79 Å². The zero-order valence-electron chi connectivity index (χ0n) is 15.4. The molecule has 0 aliphatic heterocycles. The van der Waals surface area contributed by atoms with E-state index in [0.29, 0.717) is 12.3 Å². The highest BCUT2D eigenvalue weighted by molar-refractivity contribution is 5.95. The molecular formula is C20H29N3O2. The molecule has 2 aromatic rings. The topological polar surface area (TPSA) is 55.6 Å². The van der Waals surface area contributed by atoms with Crippen LogP contribution in [-0.4, -0.2) is 27.9 Å². The van der Waals surface area contributed by atoms with E-state index in [4.69, 9.17) is 4.74 Å². The minimum atomic E-state index is -0.0106. The van der Waals surface area contributed by atoms with Crippen LogP contribution in [0.4, 0.5) is 0 Å². The van der Waals surface area contributed by atoms with E-state index in [1.54, 1.807) is 0 Å². The van der Waals surface area contributed by atoms with Gasteiger partial charge in [-0.3, -0.25) is 9.20 Å². The van der Waals surface area contributed by atoms with Gasteiger partial charge in [-0.25, -0.2) is 4.98 Å². The summed E-state index contributed by atoms with van der Waals surface area (Å²) in [4.78, 5) is 17.7. The molecule has 1 N–H and O–H groups in total. The number of fused-ring (bicyclic) bond motifs is 1. The SMILES string of the molecule is CCOc1cccn2c(C(=O)NC3CCCCCCC3)c(CC)nc12. The summed E-state index contributed by atoms with van der Waals surface area (Å²) in [6.07, 6.45) is 11.1. The summed E-state index contributed by atoms with van der Waals surface area (Å²) in [6, 6.07) is 4.09. The van der Waals surface area contributed by atoms with Gasteiger partial charge >= 0.3 is 0 Å². The second kappa shape index (κ2) is 8.37. The highest BCUT2D eigenvalue weighted by Crippen LogP contribution is 2.23. The van der Waals surface area contributed by atoms with Crippen molar-refractivity contribution in [1.29, 1.82) is 0 Å². The molecule has 0 saturated heterocycles. The maximum absolute atomic E-state index is 13.0. The normalized spacial score (nSPS) is 16.4. The average Bonchev–Trinajstić information content (AvgIpc) is 2.97. The first kappa shape index (κ1) is 17.8. The van der Waals surface area contributed by atoms with Crippen LogP contribution in [0.2, 0.25) is 0 Å². The number of carbonyl (C=O) groups is 1. The second-order valence-electron chi connectivity index (χ2n) is 6.78. The van der Waals surface area contributed by atoms with Gasteiger partial charge in [0.25, 0.3) is 5.91 Å². The van der Waals surface area contributed by atoms with E-state index in [-0.39, 0.29) is 11.9 Å².